The molecule has 0 bridgehead atoms. The van der Waals surface area contributed by atoms with E-state index in [2.05, 4.69) is 21.2 Å². The average molecular weight is 325 g/mol. The lowest BCUT2D eigenvalue weighted by molar-refractivity contribution is 0.0413. The first-order valence-corrected chi connectivity index (χ1v) is 6.25. The summed E-state index contributed by atoms with van der Waals surface area (Å²) in [5, 5.41) is 31.0. The molecule has 4 nitrogen and oxygen atoms in total. The van der Waals surface area contributed by atoms with Gasteiger partial charge in [-0.1, -0.05) is 33.6 Å². The Bertz CT molecular complexity index is 363. The number of hydrogen-bond acceptors (Lipinski definition) is 4. The molecular formula is C11H15BrClNO3. The normalized spacial score (nSPS) is 11.8. The van der Waals surface area contributed by atoms with Crippen molar-refractivity contribution >= 4 is 27.5 Å². The zero-order chi connectivity index (χ0) is 12.9. The molecule has 17 heavy (non-hydrogen) atoms. The van der Waals surface area contributed by atoms with Crippen LogP contribution in [0.2, 0.25) is 5.02 Å². The molecule has 0 aliphatic heterocycles. The minimum Gasteiger partial charge on any atom is -0.394 e. The Hall–Kier alpha value is -0.170. The maximum Gasteiger partial charge on any atom is 0.0884 e. The van der Waals surface area contributed by atoms with E-state index in [0.717, 1.165) is 10.0 Å². The Morgan fingerprint density at radius 1 is 1.18 bits per heavy atom. The molecule has 0 radical (unpaired) electrons. The molecule has 96 valence electrons. The molecule has 0 saturated heterocycles. The van der Waals surface area contributed by atoms with Gasteiger partial charge in [0.2, 0.25) is 0 Å². The molecule has 4 N–H and O–H groups in total. The standard InChI is InChI=1S/C11H15BrClNO3/c12-10-3-9(13)2-1-8(10)4-14-11(5-15,6-16)7-17/h1-3,14-17H,4-7H2. The van der Waals surface area contributed by atoms with Crippen molar-refractivity contribution in [2.24, 2.45) is 0 Å². The van der Waals surface area contributed by atoms with Crippen molar-refractivity contribution < 1.29 is 15.3 Å². The predicted molar refractivity (Wildman–Crippen MR) is 70.0 cm³/mol. The van der Waals surface area contributed by atoms with E-state index < -0.39 is 5.54 Å². The van der Waals surface area contributed by atoms with Crippen LogP contribution in [-0.4, -0.2) is 40.7 Å². The summed E-state index contributed by atoms with van der Waals surface area (Å²) in [6.45, 7) is -0.624. The lowest BCUT2D eigenvalue weighted by Crippen LogP contribution is -2.54. The van der Waals surface area contributed by atoms with Crippen LogP contribution < -0.4 is 5.32 Å². The number of benzene rings is 1. The van der Waals surface area contributed by atoms with Crippen molar-refractivity contribution in [1.82, 2.24) is 5.32 Å². The van der Waals surface area contributed by atoms with Gasteiger partial charge in [0.05, 0.1) is 25.4 Å². The fourth-order valence-electron chi connectivity index (χ4n) is 1.27. The Labute approximate surface area is 113 Å². The number of aliphatic hydroxyl groups is 3. The lowest BCUT2D eigenvalue weighted by Gasteiger charge is -2.29. The van der Waals surface area contributed by atoms with E-state index in [4.69, 9.17) is 26.9 Å². The lowest BCUT2D eigenvalue weighted by atomic mass is 10.0. The molecule has 0 spiro atoms. The number of aliphatic hydroxyl groups excluding tert-OH is 3. The molecule has 0 fully saturated rings. The molecule has 0 unspecified atom stereocenters. The van der Waals surface area contributed by atoms with Crippen LogP contribution in [-0.2, 0) is 6.54 Å². The Morgan fingerprint density at radius 2 is 1.76 bits per heavy atom. The summed E-state index contributed by atoms with van der Waals surface area (Å²) in [6.07, 6.45) is 0. The Balaban J connectivity index is 2.72. The average Bonchev–Trinajstić information content (AvgIpc) is 2.33. The van der Waals surface area contributed by atoms with Crippen LogP contribution in [0, 0.1) is 0 Å². The van der Waals surface area contributed by atoms with Gasteiger partial charge in [0.15, 0.2) is 0 Å². The van der Waals surface area contributed by atoms with E-state index in [-0.39, 0.29) is 19.8 Å². The molecular weight excluding hydrogens is 309 g/mol. The number of rotatable bonds is 6. The molecule has 0 amide bonds. The molecule has 1 rings (SSSR count). The molecule has 0 aliphatic carbocycles. The van der Waals surface area contributed by atoms with E-state index in [9.17, 15) is 0 Å². The SMILES string of the molecule is OCC(CO)(CO)NCc1ccc(Cl)cc1Br. The molecule has 1 aromatic rings. The van der Waals surface area contributed by atoms with Gasteiger partial charge in [-0.25, -0.2) is 0 Å². The number of hydrogen-bond donors (Lipinski definition) is 4. The zero-order valence-corrected chi connectivity index (χ0v) is 11.5. The van der Waals surface area contributed by atoms with E-state index in [1.165, 1.54) is 0 Å². The van der Waals surface area contributed by atoms with Gasteiger partial charge in [0, 0.05) is 16.0 Å². The van der Waals surface area contributed by atoms with E-state index in [1.54, 1.807) is 12.1 Å². The van der Waals surface area contributed by atoms with Crippen LogP contribution in [0.3, 0.4) is 0 Å². The van der Waals surface area contributed by atoms with Crippen molar-refractivity contribution in [3.05, 3.63) is 33.3 Å². The molecule has 0 aliphatic rings. The fraction of sp³-hybridized carbons (Fsp3) is 0.455. The van der Waals surface area contributed by atoms with E-state index in [0.29, 0.717) is 11.6 Å². The molecule has 0 saturated carbocycles. The van der Waals surface area contributed by atoms with Crippen molar-refractivity contribution in [3.63, 3.8) is 0 Å². The van der Waals surface area contributed by atoms with E-state index >= 15 is 0 Å². The first-order chi connectivity index (χ1) is 8.06. The van der Waals surface area contributed by atoms with Gasteiger partial charge < -0.3 is 20.6 Å². The van der Waals surface area contributed by atoms with Crippen LogP contribution in [0.4, 0.5) is 0 Å². The topological polar surface area (TPSA) is 72.7 Å². The van der Waals surface area contributed by atoms with Gasteiger partial charge in [0.1, 0.15) is 0 Å². The van der Waals surface area contributed by atoms with Crippen LogP contribution in [0.25, 0.3) is 0 Å². The van der Waals surface area contributed by atoms with Crippen molar-refractivity contribution in [2.45, 2.75) is 12.1 Å². The summed E-state index contributed by atoms with van der Waals surface area (Å²) in [5.74, 6) is 0. The summed E-state index contributed by atoms with van der Waals surface area (Å²) >= 11 is 9.19. The second-order valence-electron chi connectivity index (χ2n) is 3.84. The molecule has 6 heteroatoms. The maximum absolute atomic E-state index is 9.15. The third-order valence-corrected chi connectivity index (χ3v) is 3.55. The van der Waals surface area contributed by atoms with Gasteiger partial charge in [0.25, 0.3) is 0 Å². The molecule has 0 aromatic heterocycles. The highest BCUT2D eigenvalue weighted by molar-refractivity contribution is 9.10. The third-order valence-electron chi connectivity index (χ3n) is 2.58. The summed E-state index contributed by atoms with van der Waals surface area (Å²) in [7, 11) is 0. The molecule has 0 atom stereocenters. The second kappa shape index (κ2) is 6.68. The quantitative estimate of drug-likeness (QED) is 0.628. The van der Waals surface area contributed by atoms with Crippen LogP contribution in [0.15, 0.2) is 22.7 Å². The minimum absolute atomic E-state index is 0.342. The van der Waals surface area contributed by atoms with Crippen LogP contribution >= 0.6 is 27.5 Å². The monoisotopic (exact) mass is 323 g/mol. The largest absolute Gasteiger partial charge is 0.394 e. The van der Waals surface area contributed by atoms with Gasteiger partial charge in [-0.3, -0.25) is 0 Å². The summed E-state index contributed by atoms with van der Waals surface area (Å²) in [6, 6.07) is 5.34. The summed E-state index contributed by atoms with van der Waals surface area (Å²) in [4.78, 5) is 0. The molecule has 1 aromatic carbocycles. The van der Waals surface area contributed by atoms with Crippen molar-refractivity contribution in [2.75, 3.05) is 19.8 Å². The van der Waals surface area contributed by atoms with Gasteiger partial charge >= 0.3 is 0 Å². The third kappa shape index (κ3) is 3.91. The van der Waals surface area contributed by atoms with Crippen molar-refractivity contribution in [3.8, 4) is 0 Å². The summed E-state index contributed by atoms with van der Waals surface area (Å²) in [5.41, 5.74) is -0.145. The van der Waals surface area contributed by atoms with Crippen LogP contribution in [0.1, 0.15) is 5.56 Å². The number of nitrogens with one attached hydrogen (secondary N) is 1. The Morgan fingerprint density at radius 3 is 2.24 bits per heavy atom. The Kier molecular flexibility index (Phi) is 5.85. The zero-order valence-electron chi connectivity index (χ0n) is 9.16. The summed E-state index contributed by atoms with van der Waals surface area (Å²) < 4.78 is 0.834. The maximum atomic E-state index is 9.15. The highest BCUT2D eigenvalue weighted by Gasteiger charge is 2.27. The van der Waals surface area contributed by atoms with E-state index in [1.807, 2.05) is 6.07 Å². The van der Waals surface area contributed by atoms with Gasteiger partial charge in [-0.2, -0.15) is 0 Å². The van der Waals surface area contributed by atoms with Crippen molar-refractivity contribution in [1.29, 1.82) is 0 Å². The number of halogens is 2. The van der Waals surface area contributed by atoms with Gasteiger partial charge in [-0.05, 0) is 17.7 Å². The highest BCUT2D eigenvalue weighted by atomic mass is 79.9. The fourth-order valence-corrected chi connectivity index (χ4v) is 2.09. The van der Waals surface area contributed by atoms with Gasteiger partial charge in [-0.15, -0.1) is 0 Å². The minimum atomic E-state index is -1.07. The predicted octanol–water partition coefficient (Wildman–Crippen LogP) is 0.908. The first kappa shape index (κ1) is 14.9. The second-order valence-corrected chi connectivity index (χ2v) is 5.13. The van der Waals surface area contributed by atoms with Crippen LogP contribution in [0.5, 0.6) is 0 Å². The first-order valence-electron chi connectivity index (χ1n) is 5.08. The highest BCUT2D eigenvalue weighted by Crippen LogP contribution is 2.21. The smallest absolute Gasteiger partial charge is 0.0884 e. The molecule has 0 heterocycles.